The van der Waals surface area contributed by atoms with Crippen molar-refractivity contribution >= 4 is 5.91 Å². The molecule has 0 spiro atoms. The minimum Gasteiger partial charge on any atom is -0.394 e. The Morgan fingerprint density at radius 3 is 1.13 bits per heavy atom. The van der Waals surface area contributed by atoms with Crippen LogP contribution in [0.2, 0.25) is 0 Å². The second kappa shape index (κ2) is 56.5. The Balaban J connectivity index is 2.28. The van der Waals surface area contributed by atoms with Crippen molar-refractivity contribution in [3.63, 3.8) is 0 Å². The van der Waals surface area contributed by atoms with Crippen molar-refractivity contribution in [1.29, 1.82) is 0 Å². The predicted octanol–water partition coefficient (Wildman–Crippen LogP) is 15.6. The minimum atomic E-state index is -1.68. The summed E-state index contributed by atoms with van der Waals surface area (Å²) in [5.74, 6) is -0.715. The molecule has 0 aromatic carbocycles. The summed E-state index contributed by atoms with van der Waals surface area (Å²) in [6.07, 6.45) is 61.9. The van der Waals surface area contributed by atoms with Crippen LogP contribution in [0.1, 0.15) is 309 Å². The molecule has 79 heavy (non-hydrogen) atoms. The number of nitrogens with one attached hydrogen (secondary N) is 1. The first-order valence-corrected chi connectivity index (χ1v) is 33.5. The Labute approximate surface area is 485 Å². The number of unbranched alkanes of at least 4 members (excludes halogenated alkanes) is 38. The van der Waals surface area contributed by atoms with Crippen LogP contribution in [0, 0.1) is 0 Å². The monoisotopic (exact) mass is 1120 g/mol. The highest BCUT2D eigenvalue weighted by molar-refractivity contribution is 5.80. The van der Waals surface area contributed by atoms with Gasteiger partial charge in [-0.2, -0.15) is 0 Å². The van der Waals surface area contributed by atoms with Gasteiger partial charge in [-0.25, -0.2) is 0 Å². The zero-order valence-electron chi connectivity index (χ0n) is 51.1. The quantitative estimate of drug-likeness (QED) is 0.0215. The molecule has 11 nitrogen and oxygen atoms in total. The highest BCUT2D eigenvalue weighted by atomic mass is 16.7. The van der Waals surface area contributed by atoms with E-state index in [1.165, 1.54) is 199 Å². The minimum absolute atomic E-state index is 0.239. The van der Waals surface area contributed by atoms with Crippen LogP contribution in [0.25, 0.3) is 0 Å². The van der Waals surface area contributed by atoms with Gasteiger partial charge in [-0.05, 0) is 89.9 Å². The summed E-state index contributed by atoms with van der Waals surface area (Å²) in [5.41, 5.74) is 0. The molecule has 0 aromatic heterocycles. The maximum Gasteiger partial charge on any atom is 0.249 e. The van der Waals surface area contributed by atoms with Gasteiger partial charge in [-0.15, -0.1) is 0 Å². The van der Waals surface area contributed by atoms with Gasteiger partial charge in [0, 0.05) is 0 Å². The number of amides is 1. The predicted molar refractivity (Wildman–Crippen MR) is 330 cm³/mol. The average molecular weight is 1120 g/mol. The summed E-state index contributed by atoms with van der Waals surface area (Å²) in [4.78, 5) is 13.2. The van der Waals surface area contributed by atoms with E-state index in [0.29, 0.717) is 19.3 Å². The molecule has 0 radical (unpaired) electrons. The standard InChI is InChI=1S/C68H127NO10/c1-3-5-7-9-11-13-15-17-19-21-23-25-27-28-29-30-31-32-33-34-36-37-39-41-43-45-47-49-51-53-55-60(71)63(73)59(58-78-68-66(76)65(75)64(74)62(57-70)79-68)69-67(77)61(72)56-54-52-50-48-46-44-42-40-38-35-26-24-22-20-18-16-14-12-10-8-6-4-2/h33-34,38-41,47,49,59-66,68,70-76H,3-32,35-37,42-46,48,50-58H2,1-2H3,(H,69,77)/b34-33+,40-38-,41-39+,49-47+. The normalized spacial score (nSPS) is 19.6. The van der Waals surface area contributed by atoms with Gasteiger partial charge < -0.3 is 50.5 Å². The molecule has 1 amide bonds. The fraction of sp³-hybridized carbons (Fsp3) is 0.868. The molecule has 0 aromatic rings. The molecule has 9 unspecified atom stereocenters. The molecule has 0 aliphatic carbocycles. The SMILES string of the molecule is CCCCCCCCCCCCCC/C=C\CCCCCCCCC(O)C(=O)NC(COC1OC(CO)C(O)C(O)C1O)C(O)C(O)CCC/C=C/CC/C=C/CC/C=C/CCCCCCCCCCCCCCCCCCC. The maximum atomic E-state index is 13.2. The molecule has 1 saturated heterocycles. The number of allylic oxidation sites excluding steroid dienone is 8. The van der Waals surface area contributed by atoms with Crippen molar-refractivity contribution in [2.24, 2.45) is 0 Å². The number of aliphatic hydroxyl groups is 7. The Morgan fingerprint density at radius 2 is 0.759 bits per heavy atom. The lowest BCUT2D eigenvalue weighted by atomic mass is 9.98. The van der Waals surface area contributed by atoms with Gasteiger partial charge in [0.1, 0.15) is 36.6 Å². The van der Waals surface area contributed by atoms with E-state index in [-0.39, 0.29) is 12.8 Å². The first kappa shape index (κ1) is 75.1. The molecule has 1 rings (SSSR count). The van der Waals surface area contributed by atoms with E-state index >= 15 is 0 Å². The molecule has 1 aliphatic rings. The number of carbonyl (C=O) groups excluding carboxylic acids is 1. The lowest BCUT2D eigenvalue weighted by molar-refractivity contribution is -0.303. The van der Waals surface area contributed by atoms with Crippen LogP contribution in [0.4, 0.5) is 0 Å². The van der Waals surface area contributed by atoms with Gasteiger partial charge >= 0.3 is 0 Å². The maximum absolute atomic E-state index is 13.2. The van der Waals surface area contributed by atoms with Crippen molar-refractivity contribution in [3.8, 4) is 0 Å². The number of carbonyl (C=O) groups is 1. The summed E-state index contributed by atoms with van der Waals surface area (Å²) in [6, 6.07) is -1.20. The summed E-state index contributed by atoms with van der Waals surface area (Å²) in [7, 11) is 0. The van der Waals surface area contributed by atoms with Gasteiger partial charge in [-0.3, -0.25) is 4.79 Å². The Kier molecular flexibility index (Phi) is 53.7. The third-order valence-corrected chi connectivity index (χ3v) is 16.1. The van der Waals surface area contributed by atoms with Gasteiger partial charge in [0.2, 0.25) is 5.91 Å². The average Bonchev–Trinajstić information content (AvgIpc) is 3.46. The van der Waals surface area contributed by atoms with Gasteiger partial charge in [0.25, 0.3) is 0 Å². The molecule has 0 bridgehead atoms. The molecule has 0 saturated carbocycles. The summed E-state index contributed by atoms with van der Waals surface area (Å²) in [5, 5.41) is 76.3. The van der Waals surface area contributed by atoms with E-state index < -0.39 is 74.2 Å². The van der Waals surface area contributed by atoms with Crippen molar-refractivity contribution in [1.82, 2.24) is 5.32 Å². The van der Waals surface area contributed by atoms with E-state index in [1.54, 1.807) is 0 Å². The van der Waals surface area contributed by atoms with Crippen LogP contribution in [0.3, 0.4) is 0 Å². The van der Waals surface area contributed by atoms with Crippen molar-refractivity contribution in [3.05, 3.63) is 48.6 Å². The summed E-state index contributed by atoms with van der Waals surface area (Å²) >= 11 is 0. The van der Waals surface area contributed by atoms with E-state index in [4.69, 9.17) is 9.47 Å². The van der Waals surface area contributed by atoms with E-state index in [1.807, 2.05) is 0 Å². The van der Waals surface area contributed by atoms with Crippen molar-refractivity contribution in [2.75, 3.05) is 13.2 Å². The topological polar surface area (TPSA) is 189 Å². The van der Waals surface area contributed by atoms with Gasteiger partial charge in [-0.1, -0.05) is 268 Å². The van der Waals surface area contributed by atoms with Gasteiger partial charge in [0.05, 0.1) is 25.4 Å². The summed E-state index contributed by atoms with van der Waals surface area (Å²) < 4.78 is 11.2. The van der Waals surface area contributed by atoms with Crippen LogP contribution in [0.15, 0.2) is 48.6 Å². The molecule has 1 fully saturated rings. The Hall–Kier alpha value is -1.93. The molecule has 11 heteroatoms. The Bertz CT molecular complexity index is 1420. The van der Waals surface area contributed by atoms with Crippen LogP contribution >= 0.6 is 0 Å². The molecule has 464 valence electrons. The molecule has 9 atom stereocenters. The lowest BCUT2D eigenvalue weighted by Crippen LogP contribution is -2.60. The number of aliphatic hydroxyl groups excluding tert-OH is 7. The van der Waals surface area contributed by atoms with Crippen LogP contribution < -0.4 is 5.32 Å². The molecular formula is C68H127NO10. The fourth-order valence-corrected chi connectivity index (χ4v) is 10.6. The summed E-state index contributed by atoms with van der Waals surface area (Å²) in [6.45, 7) is 3.47. The second-order valence-electron chi connectivity index (χ2n) is 23.5. The van der Waals surface area contributed by atoms with Crippen LogP contribution in [0.5, 0.6) is 0 Å². The zero-order chi connectivity index (χ0) is 57.5. The van der Waals surface area contributed by atoms with E-state index in [0.717, 1.165) is 64.2 Å². The highest BCUT2D eigenvalue weighted by Gasteiger charge is 2.44. The first-order valence-electron chi connectivity index (χ1n) is 33.5. The smallest absolute Gasteiger partial charge is 0.249 e. The number of ether oxygens (including phenoxy) is 2. The zero-order valence-corrected chi connectivity index (χ0v) is 51.1. The van der Waals surface area contributed by atoms with Gasteiger partial charge in [0.15, 0.2) is 6.29 Å². The fourth-order valence-electron chi connectivity index (χ4n) is 10.6. The van der Waals surface area contributed by atoms with E-state index in [9.17, 15) is 40.5 Å². The van der Waals surface area contributed by atoms with Crippen molar-refractivity contribution in [2.45, 2.75) is 364 Å². The number of hydrogen-bond acceptors (Lipinski definition) is 10. The molecule has 1 heterocycles. The van der Waals surface area contributed by atoms with Crippen LogP contribution in [-0.4, -0.2) is 110 Å². The molecule has 1 aliphatic heterocycles. The number of rotatable bonds is 58. The molecular weight excluding hydrogens is 991 g/mol. The molecule has 8 N–H and O–H groups in total. The highest BCUT2D eigenvalue weighted by Crippen LogP contribution is 2.24. The third kappa shape index (κ3) is 44.3. The largest absolute Gasteiger partial charge is 0.394 e. The van der Waals surface area contributed by atoms with E-state index in [2.05, 4.69) is 67.8 Å². The third-order valence-electron chi connectivity index (χ3n) is 16.1. The number of hydrogen-bond donors (Lipinski definition) is 8. The van der Waals surface area contributed by atoms with Crippen LogP contribution in [-0.2, 0) is 14.3 Å². The first-order chi connectivity index (χ1) is 38.7. The Morgan fingerprint density at radius 1 is 0.430 bits per heavy atom. The lowest BCUT2D eigenvalue weighted by Gasteiger charge is -2.40. The van der Waals surface area contributed by atoms with Crippen molar-refractivity contribution < 1.29 is 50.0 Å². The second-order valence-corrected chi connectivity index (χ2v) is 23.5.